The van der Waals surface area contributed by atoms with Crippen molar-refractivity contribution in [3.05, 3.63) is 39.9 Å². The van der Waals surface area contributed by atoms with Crippen molar-refractivity contribution in [2.75, 3.05) is 12.4 Å². The van der Waals surface area contributed by atoms with Crippen LogP contribution in [-0.2, 0) is 11.3 Å². The summed E-state index contributed by atoms with van der Waals surface area (Å²) in [6.07, 6.45) is 0. The molecule has 0 heterocycles. The molecule has 1 aromatic rings. The van der Waals surface area contributed by atoms with Crippen molar-refractivity contribution in [2.45, 2.75) is 27.3 Å². The van der Waals surface area contributed by atoms with Gasteiger partial charge in [0.25, 0.3) is 5.69 Å². The van der Waals surface area contributed by atoms with Gasteiger partial charge < -0.3 is 4.90 Å². The third kappa shape index (κ3) is 5.70. The highest BCUT2D eigenvalue weighted by Crippen LogP contribution is 2.19. The number of nitro benzene ring substituents is 1. The lowest BCUT2D eigenvalue weighted by Crippen LogP contribution is -2.30. The van der Waals surface area contributed by atoms with Crippen molar-refractivity contribution >= 4 is 23.2 Å². The number of nitrogens with zero attached hydrogens (tertiary/aromatic N) is 2. The molecular formula is C13H19ClN2O3. The predicted octanol–water partition coefficient (Wildman–Crippen LogP) is 3.21. The second-order valence-corrected chi connectivity index (χ2v) is 3.89. The molecular weight excluding hydrogens is 268 g/mol. The Morgan fingerprint density at radius 2 is 1.95 bits per heavy atom. The molecule has 0 N–H and O–H groups in total. The summed E-state index contributed by atoms with van der Waals surface area (Å²) >= 11 is 5.58. The highest BCUT2D eigenvalue weighted by molar-refractivity contribution is 6.18. The van der Waals surface area contributed by atoms with Gasteiger partial charge in [0.2, 0.25) is 5.91 Å². The zero-order valence-electron chi connectivity index (χ0n) is 11.4. The molecule has 0 fully saturated rings. The normalized spacial score (nSPS) is 9.26. The molecule has 0 unspecified atom stereocenters. The summed E-state index contributed by atoms with van der Waals surface area (Å²) in [5.41, 5.74) is 0.533. The van der Waals surface area contributed by atoms with Gasteiger partial charge >= 0.3 is 0 Å². The Kier molecular flexibility index (Phi) is 8.53. The van der Waals surface area contributed by atoms with Crippen LogP contribution in [0.15, 0.2) is 24.3 Å². The van der Waals surface area contributed by atoms with Crippen LogP contribution in [0.2, 0.25) is 0 Å². The number of para-hydroxylation sites is 1. The minimum absolute atomic E-state index is 0.0216. The molecule has 1 amide bonds. The summed E-state index contributed by atoms with van der Waals surface area (Å²) in [6.45, 7) is 6.00. The van der Waals surface area contributed by atoms with Crippen LogP contribution in [0.4, 0.5) is 5.69 Å². The SMILES string of the molecule is CC.CC(=O)N(CCCl)Cc1ccccc1[N+](=O)[O-]. The van der Waals surface area contributed by atoms with Crippen LogP contribution in [0, 0.1) is 10.1 Å². The van der Waals surface area contributed by atoms with E-state index in [1.165, 1.54) is 17.9 Å². The minimum atomic E-state index is -0.450. The van der Waals surface area contributed by atoms with Gasteiger partial charge in [0, 0.05) is 31.0 Å². The molecule has 19 heavy (non-hydrogen) atoms. The second kappa shape index (κ2) is 9.33. The standard InChI is InChI=1S/C11H13ClN2O3.C2H6/c1-9(15)13(7-6-12)8-10-4-2-3-5-11(10)14(16)17;1-2/h2-5H,6-8H2,1H3;1-2H3. The van der Waals surface area contributed by atoms with Gasteiger partial charge in [-0.2, -0.15) is 0 Å². The number of rotatable bonds is 5. The Morgan fingerprint density at radius 3 is 2.42 bits per heavy atom. The molecule has 1 aromatic carbocycles. The fourth-order valence-electron chi connectivity index (χ4n) is 1.48. The van der Waals surface area contributed by atoms with Crippen molar-refractivity contribution < 1.29 is 9.72 Å². The molecule has 5 nitrogen and oxygen atoms in total. The van der Waals surface area contributed by atoms with E-state index in [0.717, 1.165) is 0 Å². The smallest absolute Gasteiger partial charge is 0.274 e. The van der Waals surface area contributed by atoms with Gasteiger partial charge in [-0.3, -0.25) is 14.9 Å². The molecule has 106 valence electrons. The molecule has 0 aliphatic heterocycles. The van der Waals surface area contributed by atoms with E-state index >= 15 is 0 Å². The monoisotopic (exact) mass is 286 g/mol. The number of carbonyl (C=O) groups is 1. The van der Waals surface area contributed by atoms with E-state index in [4.69, 9.17) is 11.6 Å². The Balaban J connectivity index is 0.00000154. The van der Waals surface area contributed by atoms with Crippen molar-refractivity contribution in [3.63, 3.8) is 0 Å². The fraction of sp³-hybridized carbons (Fsp3) is 0.462. The number of hydrogen-bond donors (Lipinski definition) is 0. The summed E-state index contributed by atoms with van der Waals surface area (Å²) in [7, 11) is 0. The fourth-order valence-corrected chi connectivity index (χ4v) is 1.68. The average Bonchev–Trinajstić information content (AvgIpc) is 2.40. The lowest BCUT2D eigenvalue weighted by atomic mass is 10.1. The molecule has 0 aliphatic rings. The number of carbonyl (C=O) groups excluding carboxylic acids is 1. The van der Waals surface area contributed by atoms with Crippen LogP contribution in [-0.4, -0.2) is 28.2 Å². The summed E-state index contributed by atoms with van der Waals surface area (Å²) in [5.74, 6) is 0.157. The Labute approximate surface area is 118 Å². The van der Waals surface area contributed by atoms with Crippen LogP contribution >= 0.6 is 11.6 Å². The zero-order chi connectivity index (χ0) is 14.8. The van der Waals surface area contributed by atoms with Crippen molar-refractivity contribution in [1.29, 1.82) is 0 Å². The number of halogens is 1. The first-order valence-corrected chi connectivity index (χ1v) is 6.63. The van der Waals surface area contributed by atoms with Gasteiger partial charge in [0.15, 0.2) is 0 Å². The van der Waals surface area contributed by atoms with Crippen LogP contribution < -0.4 is 0 Å². The molecule has 0 aliphatic carbocycles. The van der Waals surface area contributed by atoms with Crippen molar-refractivity contribution in [3.8, 4) is 0 Å². The first kappa shape index (κ1) is 17.4. The van der Waals surface area contributed by atoms with Gasteiger partial charge in [-0.25, -0.2) is 0 Å². The first-order valence-electron chi connectivity index (χ1n) is 6.10. The van der Waals surface area contributed by atoms with Gasteiger partial charge in [0.05, 0.1) is 11.5 Å². The number of benzene rings is 1. The van der Waals surface area contributed by atoms with Crippen LogP contribution in [0.25, 0.3) is 0 Å². The van der Waals surface area contributed by atoms with Crippen molar-refractivity contribution in [1.82, 2.24) is 4.90 Å². The van der Waals surface area contributed by atoms with Gasteiger partial charge in [-0.15, -0.1) is 11.6 Å². The number of amides is 1. The van der Waals surface area contributed by atoms with Crippen LogP contribution in [0.1, 0.15) is 26.3 Å². The Bertz CT molecular complexity index is 424. The summed E-state index contributed by atoms with van der Waals surface area (Å²) in [5, 5.41) is 10.8. The zero-order valence-corrected chi connectivity index (χ0v) is 12.2. The van der Waals surface area contributed by atoms with Crippen molar-refractivity contribution in [2.24, 2.45) is 0 Å². The first-order chi connectivity index (χ1) is 9.06. The molecule has 6 heteroatoms. The number of nitro groups is 1. The van der Waals surface area contributed by atoms with E-state index in [-0.39, 0.29) is 18.1 Å². The van der Waals surface area contributed by atoms with E-state index in [9.17, 15) is 14.9 Å². The third-order valence-electron chi connectivity index (χ3n) is 2.35. The second-order valence-electron chi connectivity index (χ2n) is 3.52. The molecule has 0 radical (unpaired) electrons. The van der Waals surface area contributed by atoms with E-state index in [2.05, 4.69) is 0 Å². The Morgan fingerprint density at radius 1 is 1.37 bits per heavy atom. The highest BCUT2D eigenvalue weighted by atomic mass is 35.5. The maximum atomic E-state index is 11.3. The molecule has 0 saturated heterocycles. The summed E-state index contributed by atoms with van der Waals surface area (Å²) < 4.78 is 0. The molecule has 0 atom stereocenters. The van der Waals surface area contributed by atoms with Gasteiger partial charge in [-0.05, 0) is 0 Å². The Hall–Kier alpha value is -1.62. The number of alkyl halides is 1. The molecule has 1 rings (SSSR count). The lowest BCUT2D eigenvalue weighted by Gasteiger charge is -2.19. The molecule has 0 aromatic heterocycles. The maximum absolute atomic E-state index is 11.3. The topological polar surface area (TPSA) is 63.5 Å². The molecule has 0 saturated carbocycles. The summed E-state index contributed by atoms with van der Waals surface area (Å²) in [6, 6.07) is 6.37. The average molecular weight is 287 g/mol. The van der Waals surface area contributed by atoms with Crippen LogP contribution in [0.5, 0.6) is 0 Å². The minimum Gasteiger partial charge on any atom is -0.337 e. The van der Waals surface area contributed by atoms with E-state index in [1.54, 1.807) is 18.2 Å². The largest absolute Gasteiger partial charge is 0.337 e. The molecule has 0 bridgehead atoms. The number of hydrogen-bond acceptors (Lipinski definition) is 3. The lowest BCUT2D eigenvalue weighted by molar-refractivity contribution is -0.385. The van der Waals surface area contributed by atoms with E-state index in [0.29, 0.717) is 18.0 Å². The highest BCUT2D eigenvalue weighted by Gasteiger charge is 2.16. The van der Waals surface area contributed by atoms with Crippen LogP contribution in [0.3, 0.4) is 0 Å². The van der Waals surface area contributed by atoms with Gasteiger partial charge in [0.1, 0.15) is 0 Å². The molecule has 0 spiro atoms. The third-order valence-corrected chi connectivity index (χ3v) is 2.52. The van der Waals surface area contributed by atoms with Gasteiger partial charge in [-0.1, -0.05) is 32.0 Å². The van der Waals surface area contributed by atoms with E-state index in [1.807, 2.05) is 13.8 Å². The maximum Gasteiger partial charge on any atom is 0.274 e. The predicted molar refractivity (Wildman–Crippen MR) is 76.3 cm³/mol. The van der Waals surface area contributed by atoms with E-state index < -0.39 is 4.92 Å². The summed E-state index contributed by atoms with van der Waals surface area (Å²) in [4.78, 5) is 23.2. The quantitative estimate of drug-likeness (QED) is 0.474.